The van der Waals surface area contributed by atoms with Gasteiger partial charge < -0.3 is 14.6 Å². The maximum Gasteiger partial charge on any atom is 0.228 e. The molecule has 1 aliphatic rings. The van der Waals surface area contributed by atoms with Gasteiger partial charge in [-0.05, 0) is 75.2 Å². The van der Waals surface area contributed by atoms with Crippen LogP contribution in [0, 0.1) is 0 Å². The highest BCUT2D eigenvalue weighted by molar-refractivity contribution is 5.85. The van der Waals surface area contributed by atoms with Crippen molar-refractivity contribution >= 4 is 22.7 Å². The summed E-state index contributed by atoms with van der Waals surface area (Å²) in [5.74, 6) is 2.22. The quantitative estimate of drug-likeness (QED) is 0.408. The Kier molecular flexibility index (Phi) is 5.96. The zero-order chi connectivity index (χ0) is 22.8. The number of aromatic nitrogens is 4. The molecule has 0 amide bonds. The van der Waals surface area contributed by atoms with E-state index in [1.165, 1.54) is 16.5 Å². The van der Waals surface area contributed by atoms with Gasteiger partial charge in [0, 0.05) is 42.1 Å². The van der Waals surface area contributed by atoms with Gasteiger partial charge in [0.25, 0.3) is 0 Å². The van der Waals surface area contributed by atoms with Crippen molar-refractivity contribution in [2.45, 2.75) is 45.3 Å². The molecule has 1 aromatic carbocycles. The van der Waals surface area contributed by atoms with Crippen molar-refractivity contribution in [3.05, 3.63) is 72.3 Å². The van der Waals surface area contributed by atoms with Crippen molar-refractivity contribution in [3.63, 3.8) is 0 Å². The van der Waals surface area contributed by atoms with E-state index in [1.807, 2.05) is 12.1 Å². The number of hydrogen-bond acceptors (Lipinski definition) is 6. The molecule has 0 spiro atoms. The second-order valence-electron chi connectivity index (χ2n) is 8.81. The van der Waals surface area contributed by atoms with Crippen molar-refractivity contribution in [2.24, 2.45) is 0 Å². The fraction of sp³-hybridized carbons (Fsp3) is 0.346. The number of ether oxygens (including phenoxy) is 1. The lowest BCUT2D eigenvalue weighted by Crippen LogP contribution is -2.23. The standard InChI is InChI=1S/C26H30N6O/c1-18(2)32-17-19(21-15-20(33-3)10-11-23(21)32)16-31-14-5-8-24(31)22-7-4-9-25(29-22)30-26-27-12-6-13-28-26/h4,6-7,9-13,15,17-18,24H,5,8,14,16H2,1-3H3,(H,27,28,29,30). The molecule has 0 bridgehead atoms. The van der Waals surface area contributed by atoms with E-state index in [2.05, 4.69) is 69.1 Å². The molecule has 170 valence electrons. The molecular weight excluding hydrogens is 412 g/mol. The van der Waals surface area contributed by atoms with E-state index < -0.39 is 0 Å². The molecule has 1 aliphatic heterocycles. The molecule has 0 radical (unpaired) electrons. The van der Waals surface area contributed by atoms with Gasteiger partial charge >= 0.3 is 0 Å². The van der Waals surface area contributed by atoms with Crippen LogP contribution in [-0.4, -0.2) is 38.1 Å². The fourth-order valence-electron chi connectivity index (χ4n) is 4.74. The van der Waals surface area contributed by atoms with E-state index in [0.717, 1.165) is 43.2 Å². The number of rotatable bonds is 7. The largest absolute Gasteiger partial charge is 0.497 e. The predicted octanol–water partition coefficient (Wildman–Crippen LogP) is 5.50. The first-order valence-corrected chi connectivity index (χ1v) is 11.5. The number of hydrogen-bond donors (Lipinski definition) is 1. The summed E-state index contributed by atoms with van der Waals surface area (Å²) in [7, 11) is 1.73. The minimum atomic E-state index is 0.284. The summed E-state index contributed by atoms with van der Waals surface area (Å²) in [6.07, 6.45) is 8.02. The summed E-state index contributed by atoms with van der Waals surface area (Å²) in [5, 5.41) is 4.48. The van der Waals surface area contributed by atoms with Crippen molar-refractivity contribution in [1.29, 1.82) is 0 Å². The number of anilines is 2. The topological polar surface area (TPSA) is 68.1 Å². The van der Waals surface area contributed by atoms with Crippen molar-refractivity contribution in [2.75, 3.05) is 19.0 Å². The van der Waals surface area contributed by atoms with E-state index in [9.17, 15) is 0 Å². The third-order valence-corrected chi connectivity index (χ3v) is 6.33. The first-order valence-electron chi connectivity index (χ1n) is 11.5. The van der Waals surface area contributed by atoms with Gasteiger partial charge in [0.1, 0.15) is 11.6 Å². The average Bonchev–Trinajstić information content (AvgIpc) is 3.45. The SMILES string of the molecule is COc1ccc2c(c1)c(CN1CCCC1c1cccc(Nc3ncccn3)n1)cn2C(C)C. The minimum absolute atomic E-state index is 0.284. The number of nitrogens with one attached hydrogen (secondary N) is 1. The molecule has 5 rings (SSSR count). The maximum absolute atomic E-state index is 5.52. The Morgan fingerprint density at radius 2 is 1.97 bits per heavy atom. The minimum Gasteiger partial charge on any atom is -0.497 e. The molecule has 7 nitrogen and oxygen atoms in total. The molecule has 1 atom stereocenters. The maximum atomic E-state index is 5.52. The number of fused-ring (bicyclic) bond motifs is 1. The number of methoxy groups -OCH3 is 1. The molecule has 1 fully saturated rings. The molecule has 0 aliphatic carbocycles. The van der Waals surface area contributed by atoms with E-state index in [0.29, 0.717) is 12.0 Å². The van der Waals surface area contributed by atoms with Gasteiger partial charge in [0.05, 0.1) is 18.8 Å². The normalized spacial score (nSPS) is 16.5. The molecule has 1 N–H and O–H groups in total. The van der Waals surface area contributed by atoms with E-state index in [1.54, 1.807) is 25.6 Å². The number of pyridine rings is 1. The Bertz CT molecular complexity index is 1240. The van der Waals surface area contributed by atoms with Crippen LogP contribution in [0.4, 0.5) is 11.8 Å². The molecular formula is C26H30N6O. The third-order valence-electron chi connectivity index (χ3n) is 6.33. The Morgan fingerprint density at radius 1 is 1.12 bits per heavy atom. The van der Waals surface area contributed by atoms with Crippen LogP contribution in [0.15, 0.2) is 61.1 Å². The Hall–Kier alpha value is -3.45. The molecule has 0 saturated carbocycles. The van der Waals surface area contributed by atoms with Gasteiger partial charge in [-0.1, -0.05) is 6.07 Å². The molecule has 7 heteroatoms. The summed E-state index contributed by atoms with van der Waals surface area (Å²) in [5.41, 5.74) is 3.67. The summed E-state index contributed by atoms with van der Waals surface area (Å²) in [6.45, 7) is 6.40. The summed E-state index contributed by atoms with van der Waals surface area (Å²) in [4.78, 5) is 15.9. The smallest absolute Gasteiger partial charge is 0.228 e. The van der Waals surface area contributed by atoms with Crippen LogP contribution in [0.1, 0.15) is 50.0 Å². The van der Waals surface area contributed by atoms with Crippen LogP contribution in [0.2, 0.25) is 0 Å². The molecule has 1 unspecified atom stereocenters. The lowest BCUT2D eigenvalue weighted by molar-refractivity contribution is 0.245. The highest BCUT2D eigenvalue weighted by Crippen LogP contribution is 2.35. The summed E-state index contributed by atoms with van der Waals surface area (Å²) >= 11 is 0. The third kappa shape index (κ3) is 4.41. The Labute approximate surface area is 194 Å². The zero-order valence-electron chi connectivity index (χ0n) is 19.4. The monoisotopic (exact) mass is 442 g/mol. The summed E-state index contributed by atoms with van der Waals surface area (Å²) < 4.78 is 7.88. The van der Waals surface area contributed by atoms with Crippen molar-refractivity contribution < 1.29 is 4.74 Å². The second-order valence-corrected chi connectivity index (χ2v) is 8.81. The van der Waals surface area contributed by atoms with Crippen molar-refractivity contribution in [3.8, 4) is 5.75 Å². The zero-order valence-corrected chi connectivity index (χ0v) is 19.4. The van der Waals surface area contributed by atoms with E-state index in [-0.39, 0.29) is 6.04 Å². The van der Waals surface area contributed by atoms with Gasteiger partial charge in [-0.2, -0.15) is 0 Å². The molecule has 4 heterocycles. The molecule has 4 aromatic rings. The molecule has 1 saturated heterocycles. The number of benzene rings is 1. The fourth-order valence-corrected chi connectivity index (χ4v) is 4.74. The predicted molar refractivity (Wildman–Crippen MR) is 131 cm³/mol. The Morgan fingerprint density at radius 3 is 2.76 bits per heavy atom. The van der Waals surface area contributed by atoms with Gasteiger partial charge in [-0.3, -0.25) is 4.90 Å². The van der Waals surface area contributed by atoms with Gasteiger partial charge in [-0.25, -0.2) is 15.0 Å². The van der Waals surface area contributed by atoms with E-state index >= 15 is 0 Å². The highest BCUT2D eigenvalue weighted by atomic mass is 16.5. The van der Waals surface area contributed by atoms with Crippen LogP contribution < -0.4 is 10.1 Å². The molecule has 33 heavy (non-hydrogen) atoms. The van der Waals surface area contributed by atoms with Crippen LogP contribution in [0.25, 0.3) is 10.9 Å². The van der Waals surface area contributed by atoms with Crippen LogP contribution >= 0.6 is 0 Å². The first-order chi connectivity index (χ1) is 16.1. The van der Waals surface area contributed by atoms with Crippen LogP contribution in [0.5, 0.6) is 5.75 Å². The van der Waals surface area contributed by atoms with Crippen LogP contribution in [-0.2, 0) is 6.54 Å². The first kappa shape index (κ1) is 21.4. The van der Waals surface area contributed by atoms with E-state index in [4.69, 9.17) is 9.72 Å². The lowest BCUT2D eigenvalue weighted by Gasteiger charge is -2.24. The van der Waals surface area contributed by atoms with Gasteiger partial charge in [0.2, 0.25) is 5.95 Å². The van der Waals surface area contributed by atoms with Gasteiger partial charge in [-0.15, -0.1) is 0 Å². The van der Waals surface area contributed by atoms with Crippen molar-refractivity contribution in [1.82, 2.24) is 24.4 Å². The number of likely N-dealkylation sites (tertiary alicyclic amines) is 1. The Balaban J connectivity index is 1.42. The second kappa shape index (κ2) is 9.19. The highest BCUT2D eigenvalue weighted by Gasteiger charge is 2.28. The van der Waals surface area contributed by atoms with Crippen LogP contribution in [0.3, 0.4) is 0 Å². The average molecular weight is 443 g/mol. The molecule has 3 aromatic heterocycles. The summed E-state index contributed by atoms with van der Waals surface area (Å²) in [6, 6.07) is 15.0. The number of nitrogens with zero attached hydrogens (tertiary/aromatic N) is 5. The lowest BCUT2D eigenvalue weighted by atomic mass is 10.1. The van der Waals surface area contributed by atoms with Gasteiger partial charge in [0.15, 0.2) is 0 Å².